The van der Waals surface area contributed by atoms with Crippen LogP contribution in [0.15, 0.2) is 43.2 Å². The van der Waals surface area contributed by atoms with Crippen LogP contribution in [0.1, 0.15) is 29.7 Å². The van der Waals surface area contributed by atoms with Gasteiger partial charge in [-0.1, -0.05) is 0 Å². The number of carbonyl (C=O) groups is 1. The Morgan fingerprint density at radius 2 is 2.25 bits per heavy atom. The third-order valence-corrected chi connectivity index (χ3v) is 3.72. The highest BCUT2D eigenvalue weighted by atomic mass is 16.3. The minimum atomic E-state index is -0.347. The number of carbonyl (C=O) groups excluding carboxylic acids is 1. The van der Waals surface area contributed by atoms with E-state index in [0.29, 0.717) is 12.2 Å². The Hall–Kier alpha value is -3.23. The number of tetrazole rings is 1. The Bertz CT molecular complexity index is 799. The Kier molecular flexibility index (Phi) is 4.50. The van der Waals surface area contributed by atoms with E-state index in [2.05, 4.69) is 25.8 Å². The standard InChI is InChI=1S/C15H17N7O2/c1-11(21-7-6-16-9-21)4-5-17-15(24)13-8-12(2-3-14(13)23)22-10-18-19-20-22/h2-3,6-11,23H,4-5H2,1H3,(H,17,24). The van der Waals surface area contributed by atoms with Gasteiger partial charge < -0.3 is 15.0 Å². The highest BCUT2D eigenvalue weighted by Crippen LogP contribution is 2.20. The Morgan fingerprint density at radius 1 is 1.38 bits per heavy atom. The second-order valence-electron chi connectivity index (χ2n) is 5.36. The van der Waals surface area contributed by atoms with Gasteiger partial charge in [-0.05, 0) is 42.0 Å². The molecule has 2 aromatic heterocycles. The number of aromatic hydroxyl groups is 1. The van der Waals surface area contributed by atoms with Gasteiger partial charge in [-0.25, -0.2) is 9.67 Å². The van der Waals surface area contributed by atoms with E-state index in [1.807, 2.05) is 17.7 Å². The molecule has 0 radical (unpaired) electrons. The molecule has 1 unspecified atom stereocenters. The lowest BCUT2D eigenvalue weighted by Gasteiger charge is -2.14. The number of aromatic nitrogens is 6. The summed E-state index contributed by atoms with van der Waals surface area (Å²) >= 11 is 0. The average Bonchev–Trinajstić information content (AvgIpc) is 3.28. The number of phenols is 1. The van der Waals surface area contributed by atoms with Crippen molar-refractivity contribution in [2.75, 3.05) is 6.54 Å². The molecule has 1 atom stereocenters. The summed E-state index contributed by atoms with van der Waals surface area (Å²) in [5.41, 5.74) is 0.771. The molecule has 0 bridgehead atoms. The van der Waals surface area contributed by atoms with Crippen LogP contribution in [0.3, 0.4) is 0 Å². The normalized spacial score (nSPS) is 12.0. The third kappa shape index (κ3) is 3.40. The Morgan fingerprint density at radius 3 is 2.96 bits per heavy atom. The number of phenolic OH excluding ortho intramolecular Hbond substituents is 1. The summed E-state index contributed by atoms with van der Waals surface area (Å²) in [6.07, 6.45) is 7.51. The van der Waals surface area contributed by atoms with Crippen LogP contribution in [0.2, 0.25) is 0 Å². The van der Waals surface area contributed by atoms with Crippen molar-refractivity contribution in [1.82, 2.24) is 35.1 Å². The van der Waals surface area contributed by atoms with Crippen LogP contribution in [0.4, 0.5) is 0 Å². The van der Waals surface area contributed by atoms with Crippen LogP contribution in [-0.2, 0) is 0 Å². The SMILES string of the molecule is CC(CCNC(=O)c1cc(-n2cnnn2)ccc1O)n1ccnc1. The quantitative estimate of drug-likeness (QED) is 0.697. The first-order valence-corrected chi connectivity index (χ1v) is 7.47. The van der Waals surface area contributed by atoms with Crippen molar-refractivity contribution in [3.8, 4) is 11.4 Å². The van der Waals surface area contributed by atoms with E-state index < -0.39 is 0 Å². The lowest BCUT2D eigenvalue weighted by atomic mass is 10.1. The van der Waals surface area contributed by atoms with Gasteiger partial charge in [0.05, 0.1) is 17.6 Å². The molecule has 3 rings (SSSR count). The molecule has 9 nitrogen and oxygen atoms in total. The van der Waals surface area contributed by atoms with Crippen molar-refractivity contribution in [2.45, 2.75) is 19.4 Å². The van der Waals surface area contributed by atoms with Gasteiger partial charge in [0, 0.05) is 25.0 Å². The van der Waals surface area contributed by atoms with Crippen LogP contribution in [0, 0.1) is 0 Å². The molecule has 2 heterocycles. The van der Waals surface area contributed by atoms with E-state index in [1.165, 1.54) is 17.1 Å². The van der Waals surface area contributed by atoms with Crippen molar-refractivity contribution in [1.29, 1.82) is 0 Å². The van der Waals surface area contributed by atoms with Gasteiger partial charge >= 0.3 is 0 Å². The van der Waals surface area contributed by atoms with E-state index in [9.17, 15) is 9.90 Å². The molecule has 1 aromatic carbocycles. The fraction of sp³-hybridized carbons (Fsp3) is 0.267. The molecular weight excluding hydrogens is 310 g/mol. The molecule has 124 valence electrons. The minimum absolute atomic E-state index is 0.0908. The monoisotopic (exact) mass is 327 g/mol. The molecule has 0 fully saturated rings. The summed E-state index contributed by atoms with van der Waals surface area (Å²) in [5, 5.41) is 23.6. The molecule has 2 N–H and O–H groups in total. The summed E-state index contributed by atoms with van der Waals surface area (Å²) in [5.74, 6) is -0.438. The zero-order valence-electron chi connectivity index (χ0n) is 13.1. The van der Waals surface area contributed by atoms with Gasteiger partial charge in [0.25, 0.3) is 5.91 Å². The van der Waals surface area contributed by atoms with Crippen molar-refractivity contribution < 1.29 is 9.90 Å². The highest BCUT2D eigenvalue weighted by Gasteiger charge is 2.13. The van der Waals surface area contributed by atoms with E-state index in [1.54, 1.807) is 24.7 Å². The fourth-order valence-electron chi connectivity index (χ4n) is 2.30. The Labute approximate surface area is 137 Å². The van der Waals surface area contributed by atoms with Gasteiger partial charge in [0.2, 0.25) is 0 Å². The van der Waals surface area contributed by atoms with E-state index in [4.69, 9.17) is 0 Å². The van der Waals surface area contributed by atoms with Crippen LogP contribution >= 0.6 is 0 Å². The Balaban J connectivity index is 1.63. The van der Waals surface area contributed by atoms with Crippen LogP contribution in [-0.4, -0.2) is 47.3 Å². The second kappa shape index (κ2) is 6.90. The lowest BCUT2D eigenvalue weighted by Crippen LogP contribution is -2.26. The molecule has 0 spiro atoms. The first-order chi connectivity index (χ1) is 11.6. The number of benzene rings is 1. The molecule has 0 aliphatic rings. The number of imidazole rings is 1. The number of nitrogens with one attached hydrogen (secondary N) is 1. The van der Waals surface area contributed by atoms with Crippen LogP contribution in [0.5, 0.6) is 5.75 Å². The molecule has 0 saturated heterocycles. The molecule has 0 saturated carbocycles. The van der Waals surface area contributed by atoms with E-state index in [-0.39, 0.29) is 23.3 Å². The topological polar surface area (TPSA) is 111 Å². The summed E-state index contributed by atoms with van der Waals surface area (Å²) in [6, 6.07) is 4.83. The fourth-order valence-corrected chi connectivity index (χ4v) is 2.30. The van der Waals surface area contributed by atoms with Crippen molar-refractivity contribution in [3.05, 3.63) is 48.8 Å². The smallest absolute Gasteiger partial charge is 0.255 e. The second-order valence-corrected chi connectivity index (χ2v) is 5.36. The lowest BCUT2D eigenvalue weighted by molar-refractivity contribution is 0.0949. The van der Waals surface area contributed by atoms with Gasteiger partial charge in [-0.3, -0.25) is 4.79 Å². The number of amides is 1. The van der Waals surface area contributed by atoms with Gasteiger partial charge in [-0.15, -0.1) is 5.10 Å². The number of rotatable bonds is 6. The van der Waals surface area contributed by atoms with Crippen LogP contribution in [0.25, 0.3) is 5.69 Å². The molecule has 3 aromatic rings. The zero-order valence-corrected chi connectivity index (χ0v) is 13.1. The number of hydrogen-bond acceptors (Lipinski definition) is 6. The maximum Gasteiger partial charge on any atom is 0.255 e. The average molecular weight is 327 g/mol. The summed E-state index contributed by atoms with van der Waals surface area (Å²) in [7, 11) is 0. The highest BCUT2D eigenvalue weighted by molar-refractivity contribution is 5.97. The van der Waals surface area contributed by atoms with Crippen molar-refractivity contribution in [2.24, 2.45) is 0 Å². The molecule has 0 aliphatic heterocycles. The molecule has 24 heavy (non-hydrogen) atoms. The zero-order chi connectivity index (χ0) is 16.9. The number of hydrogen-bond donors (Lipinski definition) is 2. The van der Waals surface area contributed by atoms with E-state index in [0.717, 1.165) is 6.42 Å². The predicted molar refractivity (Wildman–Crippen MR) is 84.7 cm³/mol. The largest absolute Gasteiger partial charge is 0.507 e. The first-order valence-electron chi connectivity index (χ1n) is 7.47. The first kappa shape index (κ1) is 15.7. The summed E-state index contributed by atoms with van der Waals surface area (Å²) in [6.45, 7) is 2.52. The molecular formula is C15H17N7O2. The van der Waals surface area contributed by atoms with E-state index >= 15 is 0 Å². The number of nitrogens with zero attached hydrogens (tertiary/aromatic N) is 6. The third-order valence-electron chi connectivity index (χ3n) is 3.72. The molecule has 1 amide bonds. The molecule has 0 aliphatic carbocycles. The summed E-state index contributed by atoms with van der Waals surface area (Å²) < 4.78 is 3.39. The van der Waals surface area contributed by atoms with Gasteiger partial charge in [0.1, 0.15) is 12.1 Å². The maximum atomic E-state index is 12.3. The maximum absolute atomic E-state index is 12.3. The van der Waals surface area contributed by atoms with Crippen molar-refractivity contribution >= 4 is 5.91 Å². The van der Waals surface area contributed by atoms with Crippen LogP contribution < -0.4 is 5.32 Å². The molecule has 9 heteroatoms. The van der Waals surface area contributed by atoms with Crippen molar-refractivity contribution in [3.63, 3.8) is 0 Å². The predicted octanol–water partition coefficient (Wildman–Crippen LogP) is 0.945. The summed E-state index contributed by atoms with van der Waals surface area (Å²) in [4.78, 5) is 16.3. The van der Waals surface area contributed by atoms with Gasteiger partial charge in [0.15, 0.2) is 0 Å². The minimum Gasteiger partial charge on any atom is -0.507 e. The van der Waals surface area contributed by atoms with Gasteiger partial charge in [-0.2, -0.15) is 0 Å².